The van der Waals surface area contributed by atoms with E-state index in [1.807, 2.05) is 24.3 Å². The quantitative estimate of drug-likeness (QED) is 0.686. The molecule has 0 heterocycles. The van der Waals surface area contributed by atoms with Crippen LogP contribution < -0.4 is 5.73 Å². The number of allylic oxidation sites excluding steroid dienone is 1. The highest BCUT2D eigenvalue weighted by atomic mass is 79.9. The first-order chi connectivity index (χ1) is 8.15. The Labute approximate surface area is 109 Å². The van der Waals surface area contributed by atoms with Gasteiger partial charge in [-0.15, -0.1) is 0 Å². The molecule has 0 aliphatic heterocycles. The molecular weight excluding hydrogens is 282 g/mol. The summed E-state index contributed by atoms with van der Waals surface area (Å²) in [5, 5.41) is 0. The largest absolute Gasteiger partial charge is 0.458 e. The van der Waals surface area contributed by atoms with E-state index in [2.05, 4.69) is 15.9 Å². The van der Waals surface area contributed by atoms with Gasteiger partial charge in [0.15, 0.2) is 0 Å². The van der Waals surface area contributed by atoms with E-state index in [1.165, 1.54) is 6.08 Å². The molecule has 1 saturated carbocycles. The van der Waals surface area contributed by atoms with E-state index in [0.29, 0.717) is 11.6 Å². The summed E-state index contributed by atoms with van der Waals surface area (Å²) in [7, 11) is 0. The predicted molar refractivity (Wildman–Crippen MR) is 68.9 cm³/mol. The van der Waals surface area contributed by atoms with Gasteiger partial charge >= 0.3 is 5.97 Å². The molecule has 0 saturated heterocycles. The number of benzene rings is 1. The van der Waals surface area contributed by atoms with Crippen LogP contribution in [0, 0.1) is 5.92 Å². The number of nitrogens with two attached hydrogens (primary N) is 1. The summed E-state index contributed by atoms with van der Waals surface area (Å²) in [6.45, 7) is 0.271. The lowest BCUT2D eigenvalue weighted by Gasteiger charge is -2.03. The molecule has 0 atom stereocenters. The summed E-state index contributed by atoms with van der Waals surface area (Å²) < 4.78 is 6.09. The summed E-state index contributed by atoms with van der Waals surface area (Å²) in [5.41, 5.74) is 7.32. The van der Waals surface area contributed by atoms with Gasteiger partial charge < -0.3 is 10.5 Å². The Hall–Kier alpha value is -1.29. The summed E-state index contributed by atoms with van der Waals surface area (Å²) >= 11 is 3.36. The van der Waals surface area contributed by atoms with Crippen LogP contribution in [0.3, 0.4) is 0 Å². The number of esters is 1. The lowest BCUT2D eigenvalue weighted by Crippen LogP contribution is -2.07. The highest BCUT2D eigenvalue weighted by Crippen LogP contribution is 2.33. The highest BCUT2D eigenvalue weighted by Gasteiger charge is 2.24. The van der Waals surface area contributed by atoms with Gasteiger partial charge in [-0.1, -0.05) is 28.1 Å². The molecule has 1 aromatic rings. The lowest BCUT2D eigenvalue weighted by atomic mass is 10.2. The Bertz CT molecular complexity index is 452. The molecule has 0 radical (unpaired) electrons. The minimum absolute atomic E-state index is 0.271. The van der Waals surface area contributed by atoms with Gasteiger partial charge in [-0.2, -0.15) is 0 Å². The van der Waals surface area contributed by atoms with E-state index < -0.39 is 0 Å². The molecule has 4 heteroatoms. The van der Waals surface area contributed by atoms with E-state index in [9.17, 15) is 4.79 Å². The average molecular weight is 296 g/mol. The molecule has 1 fully saturated rings. The van der Waals surface area contributed by atoms with Crippen LogP contribution in [-0.2, 0) is 16.1 Å². The first kappa shape index (κ1) is 12.2. The maximum atomic E-state index is 11.5. The second-order valence-electron chi connectivity index (χ2n) is 4.16. The van der Waals surface area contributed by atoms with Crippen molar-refractivity contribution in [3.63, 3.8) is 0 Å². The van der Waals surface area contributed by atoms with Crippen molar-refractivity contribution in [1.29, 1.82) is 0 Å². The van der Waals surface area contributed by atoms with Crippen LogP contribution in [0.4, 0.5) is 0 Å². The average Bonchev–Trinajstić information content (AvgIpc) is 3.10. The van der Waals surface area contributed by atoms with Gasteiger partial charge in [-0.05, 0) is 36.5 Å². The van der Waals surface area contributed by atoms with Crippen molar-refractivity contribution in [1.82, 2.24) is 0 Å². The number of halogens is 1. The van der Waals surface area contributed by atoms with Gasteiger partial charge in [0.05, 0.1) is 0 Å². The Balaban J connectivity index is 1.85. The van der Waals surface area contributed by atoms with Crippen molar-refractivity contribution in [3.8, 4) is 0 Å². The second-order valence-corrected chi connectivity index (χ2v) is 5.07. The topological polar surface area (TPSA) is 52.3 Å². The molecule has 0 spiro atoms. The number of carbonyl (C=O) groups excluding carboxylic acids is 1. The first-order valence-corrected chi connectivity index (χ1v) is 6.33. The van der Waals surface area contributed by atoms with Crippen LogP contribution in [-0.4, -0.2) is 5.97 Å². The molecule has 2 rings (SSSR count). The number of hydrogen-bond donors (Lipinski definition) is 1. The molecular formula is C13H14BrNO2. The number of carbonyl (C=O) groups is 1. The molecule has 0 amide bonds. The van der Waals surface area contributed by atoms with Crippen LogP contribution in [0.1, 0.15) is 18.4 Å². The summed E-state index contributed by atoms with van der Waals surface area (Å²) in [6.07, 6.45) is 3.57. The normalized spacial score (nSPS) is 15.7. The van der Waals surface area contributed by atoms with Crippen molar-refractivity contribution >= 4 is 21.9 Å². The molecule has 3 nitrogen and oxygen atoms in total. The lowest BCUT2D eigenvalue weighted by molar-refractivity contribution is -0.139. The van der Waals surface area contributed by atoms with Crippen LogP contribution in [0.2, 0.25) is 0 Å². The SMILES string of the molecule is N/C(=C\C(=O)OCc1cccc(Br)c1)C1CC1. The zero-order valence-corrected chi connectivity index (χ0v) is 10.9. The van der Waals surface area contributed by atoms with Crippen LogP contribution >= 0.6 is 15.9 Å². The van der Waals surface area contributed by atoms with Gasteiger partial charge in [0.1, 0.15) is 6.61 Å². The van der Waals surface area contributed by atoms with E-state index >= 15 is 0 Å². The summed E-state index contributed by atoms with van der Waals surface area (Å²) in [6, 6.07) is 7.66. The Morgan fingerprint density at radius 1 is 1.53 bits per heavy atom. The van der Waals surface area contributed by atoms with Gasteiger partial charge in [0.2, 0.25) is 0 Å². The third kappa shape index (κ3) is 3.89. The number of ether oxygens (including phenoxy) is 1. The van der Waals surface area contributed by atoms with Crippen LogP contribution in [0.15, 0.2) is 40.5 Å². The molecule has 1 aliphatic rings. The third-order valence-electron chi connectivity index (χ3n) is 2.60. The predicted octanol–water partition coefficient (Wildman–Crippen LogP) is 2.74. The first-order valence-electron chi connectivity index (χ1n) is 5.53. The van der Waals surface area contributed by atoms with Crippen LogP contribution in [0.5, 0.6) is 0 Å². The Kier molecular flexibility index (Phi) is 3.84. The summed E-state index contributed by atoms with van der Waals surface area (Å²) in [5.74, 6) is 0.0304. The van der Waals surface area contributed by atoms with E-state index in [1.54, 1.807) is 0 Å². The minimum atomic E-state index is -0.366. The van der Waals surface area contributed by atoms with Crippen molar-refractivity contribution in [3.05, 3.63) is 46.1 Å². The fraction of sp³-hybridized carbons (Fsp3) is 0.308. The van der Waals surface area contributed by atoms with Crippen molar-refractivity contribution < 1.29 is 9.53 Å². The number of hydrogen-bond acceptors (Lipinski definition) is 3. The van der Waals surface area contributed by atoms with Gasteiger partial charge in [-0.3, -0.25) is 0 Å². The molecule has 0 aromatic heterocycles. The standard InChI is InChI=1S/C13H14BrNO2/c14-11-3-1-2-9(6-11)8-17-13(16)7-12(15)10-4-5-10/h1-3,6-7,10H,4-5,8,15H2/b12-7-. The monoisotopic (exact) mass is 295 g/mol. The molecule has 1 aliphatic carbocycles. The Morgan fingerprint density at radius 2 is 2.29 bits per heavy atom. The smallest absolute Gasteiger partial charge is 0.332 e. The highest BCUT2D eigenvalue weighted by molar-refractivity contribution is 9.10. The number of rotatable bonds is 4. The zero-order chi connectivity index (χ0) is 12.3. The van der Waals surface area contributed by atoms with Crippen LogP contribution in [0.25, 0.3) is 0 Å². The minimum Gasteiger partial charge on any atom is -0.458 e. The fourth-order valence-corrected chi connectivity index (χ4v) is 1.94. The Morgan fingerprint density at radius 3 is 2.94 bits per heavy atom. The van der Waals surface area contributed by atoms with Gasteiger partial charge in [0.25, 0.3) is 0 Å². The van der Waals surface area contributed by atoms with E-state index in [0.717, 1.165) is 22.9 Å². The fourth-order valence-electron chi connectivity index (χ4n) is 1.49. The van der Waals surface area contributed by atoms with Crippen molar-refractivity contribution in [2.75, 3.05) is 0 Å². The second kappa shape index (κ2) is 5.36. The van der Waals surface area contributed by atoms with Crippen molar-refractivity contribution in [2.45, 2.75) is 19.4 Å². The maximum absolute atomic E-state index is 11.5. The molecule has 90 valence electrons. The van der Waals surface area contributed by atoms with Gasteiger partial charge in [0, 0.05) is 16.2 Å². The third-order valence-corrected chi connectivity index (χ3v) is 3.10. The van der Waals surface area contributed by atoms with Crippen molar-refractivity contribution in [2.24, 2.45) is 11.7 Å². The maximum Gasteiger partial charge on any atom is 0.332 e. The molecule has 1 aromatic carbocycles. The van der Waals surface area contributed by atoms with E-state index in [4.69, 9.17) is 10.5 Å². The molecule has 0 bridgehead atoms. The summed E-state index contributed by atoms with van der Waals surface area (Å²) in [4.78, 5) is 11.5. The molecule has 17 heavy (non-hydrogen) atoms. The van der Waals surface area contributed by atoms with E-state index in [-0.39, 0.29) is 12.6 Å². The molecule has 2 N–H and O–H groups in total. The zero-order valence-electron chi connectivity index (χ0n) is 9.36. The van der Waals surface area contributed by atoms with Gasteiger partial charge in [-0.25, -0.2) is 4.79 Å². The molecule has 0 unspecified atom stereocenters.